The number of nitrogens with zero attached hydrogens (tertiary/aromatic N) is 2. The van der Waals surface area contributed by atoms with Gasteiger partial charge in [0.2, 0.25) is 5.91 Å². The zero-order chi connectivity index (χ0) is 20.5. The largest absolute Gasteiger partial charge is 0.379 e. The summed E-state index contributed by atoms with van der Waals surface area (Å²) in [6.45, 7) is 5.73. The Kier molecular flexibility index (Phi) is 6.46. The fourth-order valence-electron chi connectivity index (χ4n) is 4.38. The highest BCUT2D eigenvalue weighted by molar-refractivity contribution is 6.34. The average molecular weight is 443 g/mol. The Labute approximate surface area is 187 Å². The minimum absolute atomic E-state index is 0. The van der Waals surface area contributed by atoms with E-state index in [2.05, 4.69) is 21.3 Å². The lowest BCUT2D eigenvalue weighted by Crippen LogP contribution is -2.35. The zero-order valence-electron chi connectivity index (χ0n) is 17.4. The van der Waals surface area contributed by atoms with E-state index in [1.807, 2.05) is 35.4 Å². The van der Waals surface area contributed by atoms with Crippen molar-refractivity contribution < 1.29 is 14.3 Å². The molecule has 2 saturated heterocycles. The summed E-state index contributed by atoms with van der Waals surface area (Å²) in [5.41, 5.74) is 5.53. The van der Waals surface area contributed by atoms with Gasteiger partial charge in [0, 0.05) is 62.3 Å². The van der Waals surface area contributed by atoms with Crippen LogP contribution in [0.2, 0.25) is 0 Å². The fraction of sp³-hybridized carbons (Fsp3) is 0.391. The maximum Gasteiger partial charge on any atom is 0.256 e. The highest BCUT2D eigenvalue weighted by Gasteiger charge is 2.26. The van der Waals surface area contributed by atoms with Crippen molar-refractivity contribution in [2.75, 3.05) is 38.2 Å². The zero-order valence-corrected chi connectivity index (χ0v) is 18.2. The van der Waals surface area contributed by atoms with Crippen molar-refractivity contribution in [3.05, 3.63) is 52.8 Å². The van der Waals surface area contributed by atoms with E-state index in [1.54, 1.807) is 0 Å². The summed E-state index contributed by atoms with van der Waals surface area (Å²) in [4.78, 5) is 32.1. The number of rotatable bonds is 5. The van der Waals surface area contributed by atoms with Gasteiger partial charge in [0.05, 0.1) is 18.8 Å². The van der Waals surface area contributed by atoms with Crippen molar-refractivity contribution in [1.82, 2.24) is 14.8 Å². The minimum Gasteiger partial charge on any atom is -0.379 e. The summed E-state index contributed by atoms with van der Waals surface area (Å²) < 4.78 is 5.41. The molecule has 2 N–H and O–H groups in total. The number of morpholine rings is 1. The van der Waals surface area contributed by atoms with Crippen molar-refractivity contribution in [2.24, 2.45) is 0 Å². The van der Waals surface area contributed by atoms with E-state index in [0.29, 0.717) is 18.5 Å². The molecule has 3 aliphatic rings. The molecule has 1 aromatic carbocycles. The SMILES string of the molecule is Cl.O=C1Nc2ccc(CN3CCCC3=O)cc2C1=Cc1cc(CN2CCOCC2)c[nH]1. The number of likely N-dealkylation sites (tertiary alicyclic amines) is 1. The van der Waals surface area contributed by atoms with Gasteiger partial charge in [0.1, 0.15) is 0 Å². The van der Waals surface area contributed by atoms with Gasteiger partial charge in [0.15, 0.2) is 0 Å². The number of aromatic nitrogens is 1. The van der Waals surface area contributed by atoms with E-state index in [1.165, 1.54) is 5.56 Å². The molecular weight excluding hydrogens is 416 g/mol. The third kappa shape index (κ3) is 4.69. The van der Waals surface area contributed by atoms with Crippen LogP contribution in [0, 0.1) is 0 Å². The van der Waals surface area contributed by atoms with Gasteiger partial charge in [0.25, 0.3) is 5.91 Å². The number of carbonyl (C=O) groups is 2. The van der Waals surface area contributed by atoms with E-state index >= 15 is 0 Å². The van der Waals surface area contributed by atoms with Crippen molar-refractivity contribution in [3.63, 3.8) is 0 Å². The van der Waals surface area contributed by atoms with Crippen LogP contribution in [0.25, 0.3) is 11.6 Å². The van der Waals surface area contributed by atoms with Crippen LogP contribution in [0.5, 0.6) is 0 Å². The summed E-state index contributed by atoms with van der Waals surface area (Å²) in [5.74, 6) is 0.114. The number of hydrogen-bond acceptors (Lipinski definition) is 4. The Morgan fingerprint density at radius 1 is 1.03 bits per heavy atom. The first-order valence-electron chi connectivity index (χ1n) is 10.6. The number of hydrogen-bond donors (Lipinski definition) is 2. The third-order valence-electron chi connectivity index (χ3n) is 5.99. The van der Waals surface area contributed by atoms with Crippen LogP contribution in [-0.4, -0.2) is 59.4 Å². The second-order valence-corrected chi connectivity index (χ2v) is 8.16. The van der Waals surface area contributed by atoms with Gasteiger partial charge in [-0.1, -0.05) is 6.07 Å². The van der Waals surface area contributed by atoms with Crippen LogP contribution in [0.15, 0.2) is 30.5 Å². The normalized spacial score (nSPS) is 20.1. The predicted molar refractivity (Wildman–Crippen MR) is 122 cm³/mol. The van der Waals surface area contributed by atoms with Gasteiger partial charge in [-0.3, -0.25) is 14.5 Å². The van der Waals surface area contributed by atoms with Crippen LogP contribution in [-0.2, 0) is 27.4 Å². The maximum absolute atomic E-state index is 12.6. The van der Waals surface area contributed by atoms with E-state index in [-0.39, 0.29) is 24.2 Å². The molecule has 0 atom stereocenters. The fourth-order valence-corrected chi connectivity index (χ4v) is 4.38. The van der Waals surface area contributed by atoms with Gasteiger partial charge in [-0.05, 0) is 41.8 Å². The molecule has 31 heavy (non-hydrogen) atoms. The van der Waals surface area contributed by atoms with Crippen LogP contribution in [0.1, 0.15) is 35.2 Å². The van der Waals surface area contributed by atoms with Gasteiger partial charge < -0.3 is 19.9 Å². The first-order chi connectivity index (χ1) is 14.7. The molecule has 0 radical (unpaired) electrons. The molecule has 5 rings (SSSR count). The molecular formula is C23H27ClN4O3. The highest BCUT2D eigenvalue weighted by atomic mass is 35.5. The number of amides is 2. The van der Waals surface area contributed by atoms with Crippen molar-refractivity contribution in [3.8, 4) is 0 Å². The summed E-state index contributed by atoms with van der Waals surface area (Å²) >= 11 is 0. The van der Waals surface area contributed by atoms with Crippen molar-refractivity contribution in [2.45, 2.75) is 25.9 Å². The lowest BCUT2D eigenvalue weighted by Gasteiger charge is -2.25. The maximum atomic E-state index is 12.6. The van der Waals surface area contributed by atoms with E-state index in [4.69, 9.17) is 4.74 Å². The lowest BCUT2D eigenvalue weighted by molar-refractivity contribution is -0.128. The van der Waals surface area contributed by atoms with Gasteiger partial charge in [-0.25, -0.2) is 0 Å². The summed E-state index contributed by atoms with van der Waals surface area (Å²) in [7, 11) is 0. The van der Waals surface area contributed by atoms with Crippen LogP contribution < -0.4 is 5.32 Å². The molecule has 8 heteroatoms. The molecule has 0 unspecified atom stereocenters. The minimum atomic E-state index is -0.0938. The molecule has 1 aromatic heterocycles. The van der Waals surface area contributed by atoms with Crippen molar-refractivity contribution in [1.29, 1.82) is 0 Å². The second-order valence-electron chi connectivity index (χ2n) is 8.16. The van der Waals surface area contributed by atoms with Crippen LogP contribution in [0.4, 0.5) is 5.69 Å². The van der Waals surface area contributed by atoms with Crippen LogP contribution in [0.3, 0.4) is 0 Å². The first kappa shape index (κ1) is 21.6. The Balaban J connectivity index is 0.00000231. The lowest BCUT2D eigenvalue weighted by atomic mass is 10.0. The Morgan fingerprint density at radius 3 is 2.65 bits per heavy atom. The molecule has 3 aliphatic heterocycles. The molecule has 2 fully saturated rings. The van der Waals surface area contributed by atoms with E-state index < -0.39 is 0 Å². The number of carbonyl (C=O) groups excluding carboxylic acids is 2. The molecule has 0 bridgehead atoms. The summed E-state index contributed by atoms with van der Waals surface area (Å²) in [6.07, 6.45) is 5.48. The quantitative estimate of drug-likeness (QED) is 0.698. The average Bonchev–Trinajstić information content (AvgIpc) is 3.44. The predicted octanol–water partition coefficient (Wildman–Crippen LogP) is 2.88. The third-order valence-corrected chi connectivity index (χ3v) is 5.99. The number of benzene rings is 1. The highest BCUT2D eigenvalue weighted by Crippen LogP contribution is 2.34. The van der Waals surface area contributed by atoms with Gasteiger partial charge >= 0.3 is 0 Å². The Bertz CT molecular complexity index is 1010. The van der Waals surface area contributed by atoms with E-state index in [9.17, 15) is 9.59 Å². The number of halogens is 1. The Hall–Kier alpha value is -2.61. The van der Waals surface area contributed by atoms with Gasteiger partial charge in [-0.15, -0.1) is 12.4 Å². The monoisotopic (exact) mass is 442 g/mol. The molecule has 0 aliphatic carbocycles. The molecule has 2 amide bonds. The topological polar surface area (TPSA) is 77.7 Å². The van der Waals surface area contributed by atoms with Crippen LogP contribution >= 0.6 is 12.4 Å². The number of anilines is 1. The number of aromatic amines is 1. The standard InChI is InChI=1S/C23H26N4O3.ClH/c28-22-2-1-5-27(22)15-16-3-4-21-19(11-16)20(23(29)25-21)12-18-10-17(13-24-18)14-26-6-8-30-9-7-26;/h3-4,10-13,24H,1-2,5-9,14-15H2,(H,25,29);1H. The van der Waals surface area contributed by atoms with Crippen molar-refractivity contribution >= 4 is 41.6 Å². The Morgan fingerprint density at radius 2 is 1.87 bits per heavy atom. The summed E-state index contributed by atoms with van der Waals surface area (Å²) in [5, 5.41) is 2.95. The molecule has 7 nitrogen and oxygen atoms in total. The molecule has 2 aromatic rings. The smallest absolute Gasteiger partial charge is 0.256 e. The molecule has 0 spiro atoms. The van der Waals surface area contributed by atoms with E-state index in [0.717, 1.165) is 68.3 Å². The number of nitrogens with one attached hydrogen (secondary N) is 2. The molecule has 4 heterocycles. The number of fused-ring (bicyclic) bond motifs is 1. The summed E-state index contributed by atoms with van der Waals surface area (Å²) in [6, 6.07) is 8.05. The van der Waals surface area contributed by atoms with Gasteiger partial charge in [-0.2, -0.15) is 0 Å². The molecule has 164 valence electrons. The molecule has 0 saturated carbocycles. The second kappa shape index (κ2) is 9.26. The first-order valence-corrected chi connectivity index (χ1v) is 10.6. The number of ether oxygens (including phenoxy) is 1. The number of H-pyrrole nitrogens is 1.